The van der Waals surface area contributed by atoms with E-state index in [4.69, 9.17) is 15.0 Å². The van der Waals surface area contributed by atoms with E-state index in [1.807, 2.05) is 0 Å². The quantitative estimate of drug-likeness (QED) is 0.611. The molecule has 0 aliphatic heterocycles. The van der Waals surface area contributed by atoms with Crippen LogP contribution in [0.25, 0.3) is 11.2 Å². The summed E-state index contributed by atoms with van der Waals surface area (Å²) in [5.41, 5.74) is 6.83. The third kappa shape index (κ3) is 4.33. The highest BCUT2D eigenvalue weighted by Gasteiger charge is 2.23. The Labute approximate surface area is 144 Å². The van der Waals surface area contributed by atoms with Gasteiger partial charge in [0.25, 0.3) is 0 Å². The minimum absolute atomic E-state index is 0.299. The lowest BCUT2D eigenvalue weighted by Gasteiger charge is -2.17. The van der Waals surface area contributed by atoms with E-state index in [1.54, 1.807) is 48.1 Å². The molecule has 1 aromatic carbocycles. The molecule has 2 heterocycles. The van der Waals surface area contributed by atoms with Crippen molar-refractivity contribution in [2.45, 2.75) is 19.6 Å². The number of fused-ring (bicyclic) bond motifs is 1. The van der Waals surface area contributed by atoms with Crippen molar-refractivity contribution in [3.63, 3.8) is 0 Å². The summed E-state index contributed by atoms with van der Waals surface area (Å²) in [7, 11) is -3.91. The number of nitrogen functional groups attached to an aromatic ring is 1. The van der Waals surface area contributed by atoms with Crippen LogP contribution in [0, 0.1) is 0 Å². The van der Waals surface area contributed by atoms with Gasteiger partial charge in [-0.05, 0) is 19.1 Å². The molecule has 1 unspecified atom stereocenters. The minimum Gasteiger partial charge on any atom is -0.423 e. The number of rotatable bonds is 7. The smallest absolute Gasteiger partial charge is 0.402 e. The van der Waals surface area contributed by atoms with Crippen molar-refractivity contribution in [2.24, 2.45) is 0 Å². The number of imidazole rings is 1. The standard InChI is InChI=1S/C15H18N5O4P/c1-11(7-20-9-19-13-14(16)17-8-18-15(13)20)23-10-25(21,22)24-12-5-3-2-4-6-12/h2-6,8-9,11H,7,10H2,1H3,(H,21,22)(H2,16,17,18)/t11-/m0/s1. The second-order valence-corrected chi connectivity index (χ2v) is 7.19. The molecule has 9 nitrogen and oxygen atoms in total. The molecule has 2 aromatic heterocycles. The molecule has 3 rings (SSSR count). The van der Waals surface area contributed by atoms with Crippen molar-refractivity contribution in [2.75, 3.05) is 12.1 Å². The topological polar surface area (TPSA) is 125 Å². The maximum Gasteiger partial charge on any atom is 0.402 e. The number of para-hydroxylation sites is 1. The Morgan fingerprint density at radius 3 is 2.80 bits per heavy atom. The molecular weight excluding hydrogens is 345 g/mol. The van der Waals surface area contributed by atoms with E-state index in [1.165, 1.54) is 6.33 Å². The summed E-state index contributed by atoms with van der Waals surface area (Å²) >= 11 is 0. The van der Waals surface area contributed by atoms with Gasteiger partial charge in [-0.1, -0.05) is 18.2 Å². The molecule has 0 aliphatic rings. The summed E-state index contributed by atoms with van der Waals surface area (Å²) in [6.07, 6.45) is 2.15. The van der Waals surface area contributed by atoms with Crippen molar-refractivity contribution in [1.82, 2.24) is 19.5 Å². The molecule has 25 heavy (non-hydrogen) atoms. The van der Waals surface area contributed by atoms with Crippen molar-refractivity contribution in [3.8, 4) is 5.75 Å². The lowest BCUT2D eigenvalue weighted by molar-refractivity contribution is 0.0772. The van der Waals surface area contributed by atoms with Gasteiger partial charge in [0.15, 0.2) is 17.8 Å². The van der Waals surface area contributed by atoms with Crippen molar-refractivity contribution >= 4 is 24.6 Å². The predicted octanol–water partition coefficient (Wildman–Crippen LogP) is 2.04. The second-order valence-electron chi connectivity index (χ2n) is 5.48. The van der Waals surface area contributed by atoms with Gasteiger partial charge in [0.1, 0.15) is 17.6 Å². The molecule has 0 spiro atoms. The Bertz CT molecular complexity index is 901. The average molecular weight is 363 g/mol. The summed E-state index contributed by atoms with van der Waals surface area (Å²) in [6, 6.07) is 8.44. The maximum atomic E-state index is 12.1. The monoisotopic (exact) mass is 363 g/mol. The molecule has 10 heteroatoms. The van der Waals surface area contributed by atoms with E-state index in [0.29, 0.717) is 29.3 Å². The Morgan fingerprint density at radius 2 is 2.04 bits per heavy atom. The van der Waals surface area contributed by atoms with Crippen LogP contribution in [0.3, 0.4) is 0 Å². The van der Waals surface area contributed by atoms with E-state index in [2.05, 4.69) is 15.0 Å². The number of anilines is 1. The summed E-state index contributed by atoms with van der Waals surface area (Å²) in [5.74, 6) is 0.616. The van der Waals surface area contributed by atoms with Gasteiger partial charge in [-0.3, -0.25) is 0 Å². The van der Waals surface area contributed by atoms with E-state index in [9.17, 15) is 9.46 Å². The fourth-order valence-electron chi connectivity index (χ4n) is 2.26. The number of ether oxygens (including phenoxy) is 1. The van der Waals surface area contributed by atoms with E-state index in [0.717, 1.165) is 0 Å². The summed E-state index contributed by atoms with van der Waals surface area (Å²) in [6.45, 7) is 2.16. The first-order valence-electron chi connectivity index (χ1n) is 7.54. The van der Waals surface area contributed by atoms with Crippen LogP contribution < -0.4 is 10.3 Å². The van der Waals surface area contributed by atoms with E-state index < -0.39 is 13.9 Å². The molecule has 2 atom stereocenters. The number of nitrogens with two attached hydrogens (primary N) is 1. The normalized spacial score (nSPS) is 15.0. The summed E-state index contributed by atoms with van der Waals surface area (Å²) in [4.78, 5) is 22.1. The third-order valence-electron chi connectivity index (χ3n) is 3.40. The fraction of sp³-hybridized carbons (Fsp3) is 0.267. The average Bonchev–Trinajstić information content (AvgIpc) is 2.98. The van der Waals surface area contributed by atoms with Gasteiger partial charge >= 0.3 is 7.60 Å². The van der Waals surface area contributed by atoms with E-state index >= 15 is 0 Å². The van der Waals surface area contributed by atoms with Crippen molar-refractivity contribution in [3.05, 3.63) is 43.0 Å². The number of nitrogens with zero attached hydrogens (tertiary/aromatic N) is 4. The number of hydrogen-bond acceptors (Lipinski definition) is 7. The highest BCUT2D eigenvalue weighted by Crippen LogP contribution is 2.42. The first kappa shape index (κ1) is 17.3. The van der Waals surface area contributed by atoms with Crippen LogP contribution in [0.4, 0.5) is 5.82 Å². The maximum absolute atomic E-state index is 12.1. The summed E-state index contributed by atoms with van der Waals surface area (Å²) < 4.78 is 24.4. The third-order valence-corrected chi connectivity index (χ3v) is 4.37. The Balaban J connectivity index is 1.59. The molecule has 0 aliphatic carbocycles. The lowest BCUT2D eigenvalue weighted by atomic mass is 10.3. The Kier molecular flexibility index (Phi) is 4.98. The first-order chi connectivity index (χ1) is 11.9. The number of hydrogen-bond donors (Lipinski definition) is 2. The minimum atomic E-state index is -3.91. The molecule has 0 amide bonds. The molecule has 3 N–H and O–H groups in total. The van der Waals surface area contributed by atoms with Crippen molar-refractivity contribution < 1.29 is 18.7 Å². The zero-order valence-electron chi connectivity index (χ0n) is 13.5. The number of benzene rings is 1. The largest absolute Gasteiger partial charge is 0.423 e. The molecular formula is C15H18N5O4P. The van der Waals surface area contributed by atoms with Gasteiger partial charge in [-0.2, -0.15) is 0 Å². The van der Waals surface area contributed by atoms with Gasteiger partial charge in [-0.25, -0.2) is 19.5 Å². The van der Waals surface area contributed by atoms with Gasteiger partial charge in [0, 0.05) is 0 Å². The zero-order chi connectivity index (χ0) is 17.9. The molecule has 132 valence electrons. The van der Waals surface area contributed by atoms with Gasteiger partial charge in [0.2, 0.25) is 0 Å². The summed E-state index contributed by atoms with van der Waals surface area (Å²) in [5, 5.41) is 0. The van der Waals surface area contributed by atoms with Gasteiger partial charge in [0.05, 0.1) is 19.0 Å². The predicted molar refractivity (Wildman–Crippen MR) is 92.0 cm³/mol. The van der Waals surface area contributed by atoms with Crippen LogP contribution in [-0.2, 0) is 15.8 Å². The van der Waals surface area contributed by atoms with Gasteiger partial charge in [-0.15, -0.1) is 0 Å². The zero-order valence-corrected chi connectivity index (χ0v) is 14.4. The Hall–Kier alpha value is -2.48. The van der Waals surface area contributed by atoms with Gasteiger partial charge < -0.3 is 24.5 Å². The Morgan fingerprint density at radius 1 is 1.28 bits per heavy atom. The number of aromatic nitrogens is 4. The highest BCUT2D eigenvalue weighted by atomic mass is 31.2. The van der Waals surface area contributed by atoms with Crippen LogP contribution in [0.2, 0.25) is 0 Å². The SMILES string of the molecule is C[C@@H](Cn1cnc2c(N)ncnc21)OCP(=O)(O)Oc1ccccc1. The van der Waals surface area contributed by atoms with Crippen molar-refractivity contribution in [1.29, 1.82) is 0 Å². The van der Waals surface area contributed by atoms with Crippen LogP contribution in [0.1, 0.15) is 6.92 Å². The van der Waals surface area contributed by atoms with Crippen LogP contribution in [0.5, 0.6) is 5.75 Å². The van der Waals surface area contributed by atoms with E-state index in [-0.39, 0.29) is 6.10 Å². The molecule has 3 aromatic rings. The molecule has 0 fully saturated rings. The van der Waals surface area contributed by atoms with Crippen LogP contribution >= 0.6 is 7.60 Å². The molecule has 0 saturated carbocycles. The molecule has 0 bridgehead atoms. The fourth-order valence-corrected chi connectivity index (χ4v) is 3.20. The first-order valence-corrected chi connectivity index (χ1v) is 9.30. The second kappa shape index (κ2) is 7.18. The highest BCUT2D eigenvalue weighted by molar-refractivity contribution is 7.53. The molecule has 0 saturated heterocycles. The van der Waals surface area contributed by atoms with Crippen LogP contribution in [-0.4, -0.2) is 36.9 Å². The van der Waals surface area contributed by atoms with Crippen LogP contribution in [0.15, 0.2) is 43.0 Å². The lowest BCUT2D eigenvalue weighted by Crippen LogP contribution is -2.18. The molecule has 0 radical (unpaired) electrons.